The minimum absolute atomic E-state index is 0.0961. The molecule has 0 unspecified atom stereocenters. The first-order chi connectivity index (χ1) is 10.1. The monoisotopic (exact) mass is 292 g/mol. The van der Waals surface area contributed by atoms with Crippen LogP contribution in [0, 0.1) is 5.92 Å². The lowest BCUT2D eigenvalue weighted by Gasteiger charge is -2.26. The number of carbonyl (C=O) groups is 1. The van der Waals surface area contributed by atoms with Crippen molar-refractivity contribution in [3.05, 3.63) is 29.8 Å². The Hall–Kier alpha value is -2.17. The van der Waals surface area contributed by atoms with Crippen molar-refractivity contribution in [2.75, 3.05) is 21.3 Å². The summed E-state index contributed by atoms with van der Waals surface area (Å²) in [5, 5.41) is 9.40. The van der Waals surface area contributed by atoms with Crippen LogP contribution < -0.4 is 14.2 Å². The van der Waals surface area contributed by atoms with E-state index in [0.29, 0.717) is 30.1 Å². The largest absolute Gasteiger partial charge is 0.493 e. The number of benzene rings is 1. The van der Waals surface area contributed by atoms with Crippen LogP contribution in [-0.2, 0) is 4.79 Å². The Bertz CT molecular complexity index is 525. The van der Waals surface area contributed by atoms with Crippen molar-refractivity contribution in [1.29, 1.82) is 0 Å². The normalized spacial score (nSPS) is 20.9. The summed E-state index contributed by atoms with van der Waals surface area (Å²) in [7, 11) is 4.65. The second-order valence-electron chi connectivity index (χ2n) is 4.95. The lowest BCUT2D eigenvalue weighted by atomic mass is 9.78. The van der Waals surface area contributed by atoms with Crippen LogP contribution in [0.1, 0.15) is 24.3 Å². The molecule has 0 saturated carbocycles. The number of carboxylic acids is 1. The molecule has 0 bridgehead atoms. The van der Waals surface area contributed by atoms with E-state index < -0.39 is 11.9 Å². The van der Waals surface area contributed by atoms with Crippen molar-refractivity contribution >= 4 is 5.97 Å². The molecule has 1 N–H and O–H groups in total. The molecule has 0 fully saturated rings. The van der Waals surface area contributed by atoms with Crippen LogP contribution in [0.3, 0.4) is 0 Å². The van der Waals surface area contributed by atoms with Crippen molar-refractivity contribution in [2.45, 2.75) is 18.8 Å². The number of ether oxygens (including phenoxy) is 3. The van der Waals surface area contributed by atoms with E-state index in [2.05, 4.69) is 0 Å². The van der Waals surface area contributed by atoms with Gasteiger partial charge < -0.3 is 19.3 Å². The maximum Gasteiger partial charge on any atom is 0.307 e. The third-order valence-corrected chi connectivity index (χ3v) is 3.86. The summed E-state index contributed by atoms with van der Waals surface area (Å²) in [6.07, 6.45) is 5.17. The predicted octanol–water partition coefficient (Wildman–Crippen LogP) is 2.85. The molecule has 1 aromatic carbocycles. The number of aliphatic carboxylic acids is 1. The van der Waals surface area contributed by atoms with Gasteiger partial charge in [-0.15, -0.1) is 0 Å². The van der Waals surface area contributed by atoms with Gasteiger partial charge in [-0.25, -0.2) is 0 Å². The Labute approximate surface area is 124 Å². The molecule has 0 aromatic heterocycles. The highest BCUT2D eigenvalue weighted by Crippen LogP contribution is 2.43. The van der Waals surface area contributed by atoms with Crippen molar-refractivity contribution in [3.63, 3.8) is 0 Å². The second-order valence-corrected chi connectivity index (χ2v) is 4.95. The maximum atomic E-state index is 11.4. The number of hydrogen-bond donors (Lipinski definition) is 1. The molecule has 1 aromatic rings. The van der Waals surface area contributed by atoms with Gasteiger partial charge in [-0.05, 0) is 30.5 Å². The lowest BCUT2D eigenvalue weighted by molar-refractivity contribution is -0.142. The number of methoxy groups -OCH3 is 3. The summed E-state index contributed by atoms with van der Waals surface area (Å²) in [5.41, 5.74) is 0.890. The molecule has 1 aliphatic carbocycles. The quantitative estimate of drug-likeness (QED) is 0.845. The molecule has 0 heterocycles. The van der Waals surface area contributed by atoms with Crippen molar-refractivity contribution in [2.24, 2.45) is 5.92 Å². The fourth-order valence-electron chi connectivity index (χ4n) is 2.77. The average molecular weight is 292 g/mol. The van der Waals surface area contributed by atoms with Gasteiger partial charge in [0.15, 0.2) is 11.5 Å². The lowest BCUT2D eigenvalue weighted by Crippen LogP contribution is -2.23. The fraction of sp³-hybridized carbons (Fsp3) is 0.438. The molecule has 1 aliphatic rings. The zero-order valence-electron chi connectivity index (χ0n) is 12.5. The summed E-state index contributed by atoms with van der Waals surface area (Å²) in [5.74, 6) is 0.301. The Morgan fingerprint density at radius 2 is 1.62 bits per heavy atom. The molecule has 0 spiro atoms. The summed E-state index contributed by atoms with van der Waals surface area (Å²) in [6.45, 7) is 0. The van der Waals surface area contributed by atoms with Crippen molar-refractivity contribution in [1.82, 2.24) is 0 Å². The average Bonchev–Trinajstić information content (AvgIpc) is 2.53. The van der Waals surface area contributed by atoms with Crippen LogP contribution >= 0.6 is 0 Å². The molecule has 0 aliphatic heterocycles. The highest BCUT2D eigenvalue weighted by Gasteiger charge is 2.31. The van der Waals surface area contributed by atoms with E-state index in [-0.39, 0.29) is 5.92 Å². The highest BCUT2D eigenvalue weighted by atomic mass is 16.5. The number of hydrogen-bond acceptors (Lipinski definition) is 4. The van der Waals surface area contributed by atoms with Gasteiger partial charge in [0.25, 0.3) is 0 Å². The Kier molecular flexibility index (Phi) is 4.73. The number of allylic oxidation sites excluding steroid dienone is 2. The standard InChI is InChI=1S/C16H20O5/c1-19-13-8-10(9-14(20-2)15(13)21-3)11-6-4-5-7-12(11)16(17)18/h4-5,8-9,11-12H,6-7H2,1-3H3,(H,17,18)/t11-,12-/m0/s1. The molecule has 0 saturated heterocycles. The molecule has 2 rings (SSSR count). The molecule has 5 heteroatoms. The van der Waals surface area contributed by atoms with Crippen molar-refractivity contribution in [3.8, 4) is 17.2 Å². The predicted molar refractivity (Wildman–Crippen MR) is 78.3 cm³/mol. The van der Waals surface area contributed by atoms with Crippen LogP contribution in [0.5, 0.6) is 17.2 Å². The number of rotatable bonds is 5. The highest BCUT2D eigenvalue weighted by molar-refractivity contribution is 5.72. The van der Waals surface area contributed by atoms with Crippen LogP contribution in [0.15, 0.2) is 24.3 Å². The van der Waals surface area contributed by atoms with Gasteiger partial charge in [-0.2, -0.15) is 0 Å². The minimum atomic E-state index is -0.780. The SMILES string of the molecule is COc1cc([C@@H]2CC=CC[C@@H]2C(=O)O)cc(OC)c1OC. The first-order valence-electron chi connectivity index (χ1n) is 6.80. The van der Waals surface area contributed by atoms with Crippen LogP contribution in [-0.4, -0.2) is 32.4 Å². The van der Waals surface area contributed by atoms with Crippen LogP contribution in [0.25, 0.3) is 0 Å². The van der Waals surface area contributed by atoms with Gasteiger partial charge in [-0.1, -0.05) is 12.2 Å². The molecule has 21 heavy (non-hydrogen) atoms. The van der Waals surface area contributed by atoms with E-state index >= 15 is 0 Å². The number of carboxylic acid groups (broad SMARTS) is 1. The molecular formula is C16H20O5. The van der Waals surface area contributed by atoms with E-state index in [1.165, 1.54) is 0 Å². The van der Waals surface area contributed by atoms with Crippen molar-refractivity contribution < 1.29 is 24.1 Å². The molecule has 0 amide bonds. The Morgan fingerprint density at radius 1 is 1.05 bits per heavy atom. The van der Waals surface area contributed by atoms with Gasteiger partial charge in [0, 0.05) is 5.92 Å². The van der Waals surface area contributed by atoms with Gasteiger partial charge in [0.05, 0.1) is 27.2 Å². The smallest absolute Gasteiger partial charge is 0.307 e. The minimum Gasteiger partial charge on any atom is -0.493 e. The topological polar surface area (TPSA) is 65.0 Å². The van der Waals surface area contributed by atoms with E-state index in [0.717, 1.165) is 5.56 Å². The molecule has 2 atom stereocenters. The van der Waals surface area contributed by atoms with Gasteiger partial charge >= 0.3 is 5.97 Å². The Balaban J connectivity index is 2.47. The third kappa shape index (κ3) is 2.96. The van der Waals surface area contributed by atoms with E-state index in [9.17, 15) is 9.90 Å². The van der Waals surface area contributed by atoms with Gasteiger partial charge in [0.2, 0.25) is 5.75 Å². The summed E-state index contributed by atoms with van der Waals surface area (Å²) in [4.78, 5) is 11.4. The zero-order valence-corrected chi connectivity index (χ0v) is 12.5. The molecule has 5 nitrogen and oxygen atoms in total. The van der Waals surface area contributed by atoms with E-state index in [1.807, 2.05) is 24.3 Å². The van der Waals surface area contributed by atoms with Gasteiger partial charge in [0.1, 0.15) is 0 Å². The van der Waals surface area contributed by atoms with Crippen LogP contribution in [0.4, 0.5) is 0 Å². The zero-order chi connectivity index (χ0) is 15.4. The summed E-state index contributed by atoms with van der Waals surface area (Å²) in [6, 6.07) is 3.67. The molecule has 0 radical (unpaired) electrons. The van der Waals surface area contributed by atoms with E-state index in [4.69, 9.17) is 14.2 Å². The molecular weight excluding hydrogens is 272 g/mol. The summed E-state index contributed by atoms with van der Waals surface area (Å²) < 4.78 is 16.0. The first-order valence-corrected chi connectivity index (χ1v) is 6.80. The summed E-state index contributed by atoms with van der Waals surface area (Å²) >= 11 is 0. The van der Waals surface area contributed by atoms with Gasteiger partial charge in [-0.3, -0.25) is 4.79 Å². The second kappa shape index (κ2) is 6.52. The fourth-order valence-corrected chi connectivity index (χ4v) is 2.77. The van der Waals surface area contributed by atoms with Crippen LogP contribution in [0.2, 0.25) is 0 Å². The Morgan fingerprint density at radius 3 is 2.10 bits per heavy atom. The van der Waals surface area contributed by atoms with E-state index in [1.54, 1.807) is 21.3 Å². The first kappa shape index (κ1) is 15.2. The third-order valence-electron chi connectivity index (χ3n) is 3.86. The molecule has 114 valence electrons. The maximum absolute atomic E-state index is 11.4.